The molecular weight excluding hydrogens is 528 g/mol. The van der Waals surface area contributed by atoms with Gasteiger partial charge in [-0.3, -0.25) is 9.36 Å². The first-order valence-corrected chi connectivity index (χ1v) is 14.9. The van der Waals surface area contributed by atoms with Crippen LogP contribution in [0.15, 0.2) is 64.8 Å². The van der Waals surface area contributed by atoms with Crippen molar-refractivity contribution in [2.24, 2.45) is 5.16 Å². The highest BCUT2D eigenvalue weighted by Gasteiger charge is 2.29. The van der Waals surface area contributed by atoms with Gasteiger partial charge >= 0.3 is 0 Å². The number of nitrogens with zero attached hydrogens (tertiary/aromatic N) is 6. The largest absolute Gasteiger partial charge is 0.390 e. The van der Waals surface area contributed by atoms with Gasteiger partial charge in [-0.05, 0) is 61.8 Å². The van der Waals surface area contributed by atoms with Crippen LogP contribution in [0.1, 0.15) is 80.8 Å². The maximum Gasteiger partial charge on any atom is 0.259 e. The molecule has 0 spiro atoms. The van der Waals surface area contributed by atoms with Crippen molar-refractivity contribution in [1.29, 1.82) is 5.26 Å². The van der Waals surface area contributed by atoms with Crippen molar-refractivity contribution >= 4 is 11.5 Å². The molecule has 0 bridgehead atoms. The molecule has 1 fully saturated rings. The number of hydrogen-bond acceptors (Lipinski definition) is 7. The Kier molecular flexibility index (Phi) is 8.15. The Morgan fingerprint density at radius 1 is 1.10 bits per heavy atom. The maximum atomic E-state index is 14.2. The van der Waals surface area contributed by atoms with Gasteiger partial charge in [-0.15, -0.1) is 0 Å². The van der Waals surface area contributed by atoms with Crippen LogP contribution in [0.5, 0.6) is 0 Å². The number of hydrogen-bond donors (Lipinski definition) is 0. The molecule has 1 aliphatic carbocycles. The zero-order valence-corrected chi connectivity index (χ0v) is 24.2. The fraction of sp³-hybridized carbons (Fsp3) is 0.424. The molecule has 0 radical (unpaired) electrons. The predicted octanol–water partition coefficient (Wildman–Crippen LogP) is 5.64. The van der Waals surface area contributed by atoms with E-state index in [9.17, 15) is 10.1 Å². The number of fused-ring (bicyclic) bond motifs is 1. The van der Waals surface area contributed by atoms with Gasteiger partial charge in [0, 0.05) is 24.4 Å². The minimum absolute atomic E-state index is 0.00443. The first kappa shape index (κ1) is 27.9. The lowest BCUT2D eigenvalue weighted by molar-refractivity contribution is -0.0447. The van der Waals surface area contributed by atoms with Crippen molar-refractivity contribution < 1.29 is 9.57 Å². The number of rotatable bonds is 9. The number of aryl methyl sites for hydroxylation is 1. The molecule has 9 heteroatoms. The summed E-state index contributed by atoms with van der Waals surface area (Å²) in [5.74, 6) is 0.618. The Labute approximate surface area is 245 Å². The predicted molar refractivity (Wildman–Crippen MR) is 160 cm³/mol. The van der Waals surface area contributed by atoms with Crippen molar-refractivity contribution in [2.75, 3.05) is 6.61 Å². The number of oxime groups is 1. The van der Waals surface area contributed by atoms with Crippen molar-refractivity contribution in [1.82, 2.24) is 19.2 Å². The van der Waals surface area contributed by atoms with Crippen LogP contribution in [-0.4, -0.2) is 43.7 Å². The van der Waals surface area contributed by atoms with Crippen LogP contribution >= 0.6 is 0 Å². The van der Waals surface area contributed by atoms with E-state index in [1.807, 2.05) is 52.4 Å². The molecule has 1 saturated carbocycles. The van der Waals surface area contributed by atoms with Gasteiger partial charge in [-0.2, -0.15) is 15.3 Å². The van der Waals surface area contributed by atoms with Crippen LogP contribution in [0.3, 0.4) is 0 Å². The van der Waals surface area contributed by atoms with Crippen LogP contribution in [0, 0.1) is 11.3 Å². The second kappa shape index (κ2) is 12.3. The third-order valence-electron chi connectivity index (χ3n) is 8.41. The Balaban J connectivity index is 1.25. The SMILES string of the molecule is CCCc1c(Cc2ccc(-c3ccccc3C#N)cc2)c(=O)n(C2CCC(OCC3CC(C)=NO3)CC2)c2ncnn12. The van der Waals surface area contributed by atoms with Gasteiger partial charge < -0.3 is 9.57 Å². The summed E-state index contributed by atoms with van der Waals surface area (Å²) in [6, 6.07) is 18.1. The molecular formula is C33H36N6O3. The minimum atomic E-state index is 0.00443. The molecule has 216 valence electrons. The number of aromatic nitrogens is 4. The highest BCUT2D eigenvalue weighted by atomic mass is 16.7. The van der Waals surface area contributed by atoms with E-state index in [1.54, 1.807) is 6.33 Å². The topological polar surface area (TPSA) is 107 Å². The van der Waals surface area contributed by atoms with E-state index in [0.29, 0.717) is 24.4 Å². The average molecular weight is 565 g/mol. The number of ether oxygens (including phenoxy) is 1. The summed E-state index contributed by atoms with van der Waals surface area (Å²) in [7, 11) is 0. The van der Waals surface area contributed by atoms with E-state index in [-0.39, 0.29) is 23.8 Å². The highest BCUT2D eigenvalue weighted by Crippen LogP contribution is 2.31. The molecule has 0 saturated heterocycles. The fourth-order valence-electron chi connectivity index (χ4n) is 6.29. The number of nitriles is 1. The minimum Gasteiger partial charge on any atom is -0.390 e. The first-order chi connectivity index (χ1) is 20.6. The van der Waals surface area contributed by atoms with Gasteiger partial charge in [0.05, 0.1) is 35.7 Å². The fourth-order valence-corrected chi connectivity index (χ4v) is 6.29. The van der Waals surface area contributed by atoms with Crippen LogP contribution in [0.2, 0.25) is 0 Å². The Bertz CT molecular complexity index is 1690. The summed E-state index contributed by atoms with van der Waals surface area (Å²) in [5.41, 5.74) is 6.30. The lowest BCUT2D eigenvalue weighted by Crippen LogP contribution is -2.35. The smallest absolute Gasteiger partial charge is 0.259 e. The Hall–Kier alpha value is -4.29. The van der Waals surface area contributed by atoms with E-state index in [4.69, 9.17) is 9.57 Å². The van der Waals surface area contributed by atoms with Gasteiger partial charge in [-0.1, -0.05) is 61.0 Å². The highest BCUT2D eigenvalue weighted by molar-refractivity contribution is 5.82. The monoisotopic (exact) mass is 564 g/mol. The van der Waals surface area contributed by atoms with E-state index in [0.717, 1.165) is 78.6 Å². The Morgan fingerprint density at radius 3 is 2.60 bits per heavy atom. The second-order valence-electron chi connectivity index (χ2n) is 11.4. The van der Waals surface area contributed by atoms with Gasteiger partial charge in [-0.25, -0.2) is 4.52 Å². The van der Waals surface area contributed by atoms with E-state index < -0.39 is 0 Å². The van der Waals surface area contributed by atoms with Crippen LogP contribution in [-0.2, 0) is 22.4 Å². The zero-order valence-electron chi connectivity index (χ0n) is 24.2. The molecule has 0 N–H and O–H groups in total. The quantitative estimate of drug-likeness (QED) is 0.261. The zero-order chi connectivity index (χ0) is 29.1. The third kappa shape index (κ3) is 5.59. The van der Waals surface area contributed by atoms with Crippen LogP contribution < -0.4 is 5.56 Å². The molecule has 2 aromatic carbocycles. The first-order valence-electron chi connectivity index (χ1n) is 14.9. The lowest BCUT2D eigenvalue weighted by atomic mass is 9.92. The Morgan fingerprint density at radius 2 is 1.88 bits per heavy atom. The lowest BCUT2D eigenvalue weighted by Gasteiger charge is -2.31. The van der Waals surface area contributed by atoms with Gasteiger partial charge in [0.25, 0.3) is 5.56 Å². The summed E-state index contributed by atoms with van der Waals surface area (Å²) in [6.45, 7) is 4.63. The summed E-state index contributed by atoms with van der Waals surface area (Å²) < 4.78 is 9.93. The van der Waals surface area contributed by atoms with Crippen LogP contribution in [0.4, 0.5) is 0 Å². The van der Waals surface area contributed by atoms with E-state index >= 15 is 0 Å². The van der Waals surface area contributed by atoms with Gasteiger partial charge in [0.2, 0.25) is 5.78 Å². The standard InChI is InChI=1S/C33H36N6O3/c1-3-6-31-30(18-23-9-11-24(12-10-23)29-8-5-4-7-25(29)19-34)32(40)38(33-35-21-36-39(31)33)26-13-15-27(16-14-26)41-20-28-17-22(2)37-42-28/h4-5,7-12,21,26-28H,3,6,13-18,20H2,1-2H3. The van der Waals surface area contributed by atoms with E-state index in [2.05, 4.69) is 40.4 Å². The molecule has 1 atom stereocenters. The molecule has 0 amide bonds. The summed E-state index contributed by atoms with van der Waals surface area (Å²) >= 11 is 0. The molecule has 1 unspecified atom stereocenters. The van der Waals surface area contributed by atoms with Crippen molar-refractivity contribution in [3.05, 3.63) is 87.6 Å². The van der Waals surface area contributed by atoms with Crippen molar-refractivity contribution in [3.63, 3.8) is 0 Å². The molecule has 1 aliphatic heterocycles. The van der Waals surface area contributed by atoms with Crippen molar-refractivity contribution in [2.45, 2.75) is 83.5 Å². The molecule has 4 aromatic rings. The summed E-state index contributed by atoms with van der Waals surface area (Å²) in [6.07, 6.45) is 8.10. The van der Waals surface area contributed by atoms with Gasteiger partial charge in [0.15, 0.2) is 6.10 Å². The normalized spacial score (nSPS) is 20.3. The third-order valence-corrected chi connectivity index (χ3v) is 8.41. The maximum absolute atomic E-state index is 14.2. The molecule has 9 nitrogen and oxygen atoms in total. The van der Waals surface area contributed by atoms with E-state index in [1.165, 1.54) is 0 Å². The number of benzene rings is 2. The molecule has 42 heavy (non-hydrogen) atoms. The molecule has 2 aliphatic rings. The molecule has 3 heterocycles. The van der Waals surface area contributed by atoms with Crippen LogP contribution in [0.25, 0.3) is 16.9 Å². The van der Waals surface area contributed by atoms with Crippen molar-refractivity contribution in [3.8, 4) is 17.2 Å². The second-order valence-corrected chi connectivity index (χ2v) is 11.4. The summed E-state index contributed by atoms with van der Waals surface area (Å²) in [5, 5.41) is 18.1. The summed E-state index contributed by atoms with van der Waals surface area (Å²) in [4.78, 5) is 24.2. The van der Waals surface area contributed by atoms with Gasteiger partial charge in [0.1, 0.15) is 6.33 Å². The average Bonchev–Trinajstić information content (AvgIpc) is 3.68. The molecule has 6 rings (SSSR count). The molecule has 2 aromatic heterocycles.